The lowest BCUT2D eigenvalue weighted by atomic mass is 9.49. The van der Waals surface area contributed by atoms with Gasteiger partial charge in [-0.05, 0) is 77.6 Å². The summed E-state index contributed by atoms with van der Waals surface area (Å²) in [5.74, 6) is 3.88. The highest BCUT2D eigenvalue weighted by atomic mass is 16.7. The molecule has 1 saturated heterocycles. The predicted molar refractivity (Wildman–Crippen MR) is 107 cm³/mol. The van der Waals surface area contributed by atoms with Crippen molar-refractivity contribution < 1.29 is 9.47 Å². The second kappa shape index (κ2) is 5.51. The van der Waals surface area contributed by atoms with Gasteiger partial charge in [0.25, 0.3) is 0 Å². The topological polar surface area (TPSA) is 47.1 Å². The van der Waals surface area contributed by atoms with Crippen molar-refractivity contribution in [1.82, 2.24) is 10.2 Å². The lowest BCUT2D eigenvalue weighted by molar-refractivity contribution is -0.131. The van der Waals surface area contributed by atoms with Crippen molar-refractivity contribution in [3.8, 4) is 0 Å². The fourth-order valence-corrected chi connectivity index (χ4v) is 8.29. The molecule has 3 saturated carbocycles. The minimum atomic E-state index is 0.174. The molecule has 8 atom stereocenters. The van der Waals surface area contributed by atoms with E-state index in [-0.39, 0.29) is 23.0 Å². The second-order valence-corrected chi connectivity index (χ2v) is 11.3. The fourth-order valence-electron chi connectivity index (χ4n) is 8.29. The molecule has 1 N–H and O–H groups in total. The Balaban J connectivity index is 1.45. The maximum atomic E-state index is 6.37. The number of allylic oxidation sites excluding steroid dienone is 1. The molecule has 152 valence electrons. The molecule has 4 nitrogen and oxygen atoms in total. The van der Waals surface area contributed by atoms with Gasteiger partial charge in [-0.2, -0.15) is 5.10 Å². The Labute approximate surface area is 168 Å². The number of ether oxygens (including phenoxy) is 2. The fraction of sp³-hybridized carbons (Fsp3) is 0.792. The zero-order valence-corrected chi connectivity index (χ0v) is 17.7. The first-order valence-corrected chi connectivity index (χ1v) is 11.3. The number of hydrogen-bond acceptors (Lipinski definition) is 3. The van der Waals surface area contributed by atoms with E-state index in [2.05, 4.69) is 50.7 Å². The van der Waals surface area contributed by atoms with Crippen molar-refractivity contribution in [3.05, 3.63) is 29.6 Å². The number of fused-ring (bicyclic) bond motifs is 9. The molecule has 4 heteroatoms. The van der Waals surface area contributed by atoms with Crippen molar-refractivity contribution in [2.75, 3.05) is 6.79 Å². The molecule has 1 aromatic heterocycles. The second-order valence-electron chi connectivity index (χ2n) is 11.3. The molecule has 0 spiro atoms. The number of hydrogen-bond donors (Lipinski definition) is 1. The molecule has 4 fully saturated rings. The Morgan fingerprint density at radius 1 is 1.04 bits per heavy atom. The van der Waals surface area contributed by atoms with Crippen molar-refractivity contribution in [3.63, 3.8) is 0 Å². The van der Waals surface area contributed by atoms with Crippen LogP contribution >= 0.6 is 0 Å². The van der Waals surface area contributed by atoms with Crippen LogP contribution in [0.5, 0.6) is 0 Å². The molecule has 0 radical (unpaired) electrons. The Bertz CT molecular complexity index is 824. The number of nitrogens with zero attached hydrogens (tertiary/aromatic N) is 1. The van der Waals surface area contributed by atoms with Gasteiger partial charge in [-0.3, -0.25) is 5.10 Å². The molecular weight excluding hydrogens is 348 g/mol. The van der Waals surface area contributed by atoms with Gasteiger partial charge in [0.2, 0.25) is 0 Å². The van der Waals surface area contributed by atoms with E-state index in [1.165, 1.54) is 29.7 Å². The van der Waals surface area contributed by atoms with Gasteiger partial charge in [0.15, 0.2) is 0 Å². The Morgan fingerprint density at radius 2 is 1.82 bits per heavy atom. The minimum Gasteiger partial charge on any atom is -0.349 e. The van der Waals surface area contributed by atoms with Gasteiger partial charge in [0, 0.05) is 5.69 Å². The van der Waals surface area contributed by atoms with Gasteiger partial charge in [0.05, 0.1) is 18.4 Å². The average molecular weight is 383 g/mol. The van der Waals surface area contributed by atoms with Crippen LogP contribution in [0.2, 0.25) is 0 Å². The van der Waals surface area contributed by atoms with Crippen molar-refractivity contribution in [1.29, 1.82) is 0 Å². The molecule has 6 rings (SSSR count). The quantitative estimate of drug-likeness (QED) is 0.678. The lowest BCUT2D eigenvalue weighted by Gasteiger charge is -2.57. The standard InChI is InChI=1S/C24H34N2O2/c1-12-14-6-7-15-16-8-13-10-25-26-18(13)9-17(16)21-22(28-11-27-21)19(15)20(14)24(4,5)23(12,2)3/h10,14-17,19-22H,1,6-9,11H2,2-5H3,(H,25,26). The van der Waals surface area contributed by atoms with Crippen molar-refractivity contribution >= 4 is 0 Å². The maximum absolute atomic E-state index is 6.37. The molecule has 1 aromatic rings. The van der Waals surface area contributed by atoms with Crippen LogP contribution in [0.15, 0.2) is 18.3 Å². The summed E-state index contributed by atoms with van der Waals surface area (Å²) >= 11 is 0. The van der Waals surface area contributed by atoms with Gasteiger partial charge in [-0.1, -0.05) is 39.8 Å². The first-order valence-electron chi connectivity index (χ1n) is 11.3. The summed E-state index contributed by atoms with van der Waals surface area (Å²) in [4.78, 5) is 0. The van der Waals surface area contributed by atoms with Crippen molar-refractivity contribution in [2.24, 2.45) is 46.3 Å². The Kier molecular flexibility index (Phi) is 3.49. The van der Waals surface area contributed by atoms with E-state index in [4.69, 9.17) is 9.47 Å². The van der Waals surface area contributed by atoms with Crippen LogP contribution < -0.4 is 0 Å². The molecule has 2 heterocycles. The molecule has 0 bridgehead atoms. The van der Waals surface area contributed by atoms with E-state index in [0.29, 0.717) is 36.4 Å². The molecular formula is C24H34N2O2. The summed E-state index contributed by atoms with van der Waals surface area (Å²) in [7, 11) is 0. The first kappa shape index (κ1) is 17.7. The van der Waals surface area contributed by atoms with Crippen molar-refractivity contribution in [2.45, 2.75) is 65.6 Å². The van der Waals surface area contributed by atoms with Gasteiger partial charge in [0.1, 0.15) is 6.79 Å². The maximum Gasteiger partial charge on any atom is 0.147 e. The van der Waals surface area contributed by atoms with Gasteiger partial charge >= 0.3 is 0 Å². The summed E-state index contributed by atoms with van der Waals surface area (Å²) in [5.41, 5.74) is 4.66. The van der Waals surface area contributed by atoms with Crippen LogP contribution in [0, 0.1) is 46.3 Å². The molecule has 0 aromatic carbocycles. The summed E-state index contributed by atoms with van der Waals surface area (Å²) < 4.78 is 12.7. The van der Waals surface area contributed by atoms with Crippen LogP contribution in [0.4, 0.5) is 0 Å². The number of aromatic amines is 1. The zero-order chi connectivity index (χ0) is 19.4. The number of nitrogens with one attached hydrogen (secondary N) is 1. The molecule has 0 amide bonds. The third kappa shape index (κ3) is 1.97. The normalized spacial score (nSPS) is 47.6. The van der Waals surface area contributed by atoms with E-state index in [0.717, 1.165) is 18.8 Å². The monoisotopic (exact) mass is 382 g/mol. The number of rotatable bonds is 0. The van der Waals surface area contributed by atoms with Crippen LogP contribution in [0.25, 0.3) is 0 Å². The molecule has 28 heavy (non-hydrogen) atoms. The summed E-state index contributed by atoms with van der Waals surface area (Å²) in [5, 5.41) is 7.60. The SMILES string of the molecule is C=C1C2CCC3C4Cc5cn[nH]c5CC4C4OCOC4C3C2C(C)(C)C1(C)C. The smallest absolute Gasteiger partial charge is 0.147 e. The van der Waals surface area contributed by atoms with Gasteiger partial charge < -0.3 is 9.47 Å². The van der Waals surface area contributed by atoms with Crippen LogP contribution in [-0.4, -0.2) is 29.2 Å². The number of H-pyrrole nitrogens is 1. The van der Waals surface area contributed by atoms with E-state index >= 15 is 0 Å². The summed E-state index contributed by atoms with van der Waals surface area (Å²) in [6.45, 7) is 14.9. The highest BCUT2D eigenvalue weighted by Gasteiger charge is 2.66. The zero-order valence-electron chi connectivity index (χ0n) is 17.7. The van der Waals surface area contributed by atoms with Crippen LogP contribution in [0.3, 0.4) is 0 Å². The molecule has 5 aliphatic rings. The molecule has 4 aliphatic carbocycles. The average Bonchev–Trinajstić information content (AvgIpc) is 3.35. The van der Waals surface area contributed by atoms with E-state index < -0.39 is 0 Å². The van der Waals surface area contributed by atoms with Gasteiger partial charge in [-0.25, -0.2) is 0 Å². The Hall–Kier alpha value is -1.13. The van der Waals surface area contributed by atoms with Crippen LogP contribution in [-0.2, 0) is 22.3 Å². The highest BCUT2D eigenvalue weighted by molar-refractivity contribution is 5.30. The lowest BCUT2D eigenvalue weighted by Crippen LogP contribution is -2.59. The molecule has 8 unspecified atom stereocenters. The highest BCUT2D eigenvalue weighted by Crippen LogP contribution is 2.70. The summed E-state index contributed by atoms with van der Waals surface area (Å²) in [6, 6.07) is 0. The molecule has 1 aliphatic heterocycles. The largest absolute Gasteiger partial charge is 0.349 e. The van der Waals surface area contributed by atoms with E-state index in [1.54, 1.807) is 0 Å². The third-order valence-corrected chi connectivity index (χ3v) is 10.3. The van der Waals surface area contributed by atoms with E-state index in [9.17, 15) is 0 Å². The first-order chi connectivity index (χ1) is 13.3. The number of aromatic nitrogens is 2. The van der Waals surface area contributed by atoms with E-state index in [1.807, 2.05) is 0 Å². The van der Waals surface area contributed by atoms with Crippen LogP contribution in [0.1, 0.15) is 51.8 Å². The third-order valence-electron chi connectivity index (χ3n) is 10.3. The van der Waals surface area contributed by atoms with Gasteiger partial charge in [-0.15, -0.1) is 0 Å². The minimum absolute atomic E-state index is 0.174. The summed E-state index contributed by atoms with van der Waals surface area (Å²) in [6.07, 6.45) is 7.42. The predicted octanol–water partition coefficient (Wildman–Crippen LogP) is 4.38. The Morgan fingerprint density at radius 3 is 2.64 bits per heavy atom.